The number of nitrogens with one attached hydrogen (secondary N) is 2. The lowest BCUT2D eigenvalue weighted by Gasteiger charge is -2.17. The van der Waals surface area contributed by atoms with E-state index < -0.39 is 5.92 Å². The maximum Gasteiger partial charge on any atom is 0.251 e. The van der Waals surface area contributed by atoms with Crippen molar-refractivity contribution in [1.29, 1.82) is 0 Å². The van der Waals surface area contributed by atoms with Gasteiger partial charge in [-0.2, -0.15) is 0 Å². The molecule has 29 heavy (non-hydrogen) atoms. The van der Waals surface area contributed by atoms with Gasteiger partial charge >= 0.3 is 0 Å². The number of benzene rings is 2. The van der Waals surface area contributed by atoms with Gasteiger partial charge in [0.1, 0.15) is 5.92 Å². The second kappa shape index (κ2) is 9.29. The van der Waals surface area contributed by atoms with E-state index in [0.29, 0.717) is 28.6 Å². The van der Waals surface area contributed by atoms with Crippen molar-refractivity contribution in [2.24, 2.45) is 5.92 Å². The van der Waals surface area contributed by atoms with Gasteiger partial charge in [0.25, 0.3) is 5.91 Å². The highest BCUT2D eigenvalue weighted by molar-refractivity contribution is 6.42. The molecule has 152 valence electrons. The van der Waals surface area contributed by atoms with E-state index in [-0.39, 0.29) is 30.8 Å². The summed E-state index contributed by atoms with van der Waals surface area (Å²) in [6.07, 6.45) is 0.466. The Morgan fingerprint density at radius 3 is 2.41 bits per heavy atom. The zero-order valence-electron chi connectivity index (χ0n) is 15.9. The maximum absolute atomic E-state index is 12.6. The predicted octanol–water partition coefficient (Wildman–Crippen LogP) is 3.20. The second-order valence-electron chi connectivity index (χ2n) is 6.84. The minimum atomic E-state index is -0.706. The van der Waals surface area contributed by atoms with E-state index in [0.717, 1.165) is 11.3 Å². The molecule has 0 saturated carbocycles. The number of hydrogen-bond donors (Lipinski definition) is 2. The smallest absolute Gasteiger partial charge is 0.251 e. The molecule has 1 fully saturated rings. The molecule has 1 aliphatic rings. The maximum atomic E-state index is 12.6. The molecule has 3 amide bonds. The lowest BCUT2D eigenvalue weighted by molar-refractivity contribution is -0.132. The van der Waals surface area contributed by atoms with Crippen LogP contribution in [-0.2, 0) is 9.59 Å². The zero-order chi connectivity index (χ0) is 21.0. The quantitative estimate of drug-likeness (QED) is 0.542. The summed E-state index contributed by atoms with van der Waals surface area (Å²) in [5.74, 6) is -1.55. The van der Waals surface area contributed by atoms with Gasteiger partial charge in [0, 0.05) is 30.9 Å². The highest BCUT2D eigenvalue weighted by Gasteiger charge is 2.37. The van der Waals surface area contributed by atoms with E-state index in [1.807, 2.05) is 31.2 Å². The fourth-order valence-corrected chi connectivity index (χ4v) is 3.43. The number of hydrogen-bond acceptors (Lipinski definition) is 3. The van der Waals surface area contributed by atoms with Crippen LogP contribution in [0.25, 0.3) is 0 Å². The standard InChI is InChI=1S/C21H21Cl2N3O3/c1-13-2-5-15(6-3-13)26-11-8-16(21(26)29)20(28)25-10-9-24-19(27)14-4-7-17(22)18(23)12-14/h2-7,12,16H,8-11H2,1H3,(H,24,27)(H,25,28). The topological polar surface area (TPSA) is 78.5 Å². The Bertz CT molecular complexity index is 931. The predicted molar refractivity (Wildman–Crippen MR) is 113 cm³/mol. The first-order valence-electron chi connectivity index (χ1n) is 9.26. The Labute approximate surface area is 179 Å². The second-order valence-corrected chi connectivity index (χ2v) is 7.66. The van der Waals surface area contributed by atoms with Gasteiger partial charge in [-0.25, -0.2) is 0 Å². The molecule has 1 saturated heterocycles. The van der Waals surface area contributed by atoms with Gasteiger partial charge in [0.2, 0.25) is 11.8 Å². The van der Waals surface area contributed by atoms with Crippen molar-refractivity contribution in [3.63, 3.8) is 0 Å². The monoisotopic (exact) mass is 433 g/mol. The molecule has 1 heterocycles. The van der Waals surface area contributed by atoms with E-state index in [9.17, 15) is 14.4 Å². The lowest BCUT2D eigenvalue weighted by Crippen LogP contribution is -2.40. The Balaban J connectivity index is 1.46. The summed E-state index contributed by atoms with van der Waals surface area (Å²) >= 11 is 11.7. The van der Waals surface area contributed by atoms with Crippen molar-refractivity contribution in [1.82, 2.24) is 10.6 Å². The third kappa shape index (κ3) is 5.08. The van der Waals surface area contributed by atoms with Crippen LogP contribution in [0.1, 0.15) is 22.3 Å². The molecule has 2 aromatic carbocycles. The minimum absolute atomic E-state index is 0.203. The summed E-state index contributed by atoms with van der Waals surface area (Å²) in [6, 6.07) is 12.2. The van der Waals surface area contributed by atoms with Crippen LogP contribution in [0.3, 0.4) is 0 Å². The third-order valence-corrected chi connectivity index (χ3v) is 5.50. The van der Waals surface area contributed by atoms with Crippen molar-refractivity contribution >= 4 is 46.6 Å². The summed E-state index contributed by atoms with van der Waals surface area (Å²) in [7, 11) is 0. The van der Waals surface area contributed by atoms with Gasteiger partial charge < -0.3 is 15.5 Å². The van der Waals surface area contributed by atoms with Gasteiger partial charge in [-0.1, -0.05) is 40.9 Å². The molecule has 8 heteroatoms. The molecule has 0 aliphatic carbocycles. The highest BCUT2D eigenvalue weighted by Crippen LogP contribution is 2.25. The Morgan fingerprint density at radius 2 is 1.72 bits per heavy atom. The van der Waals surface area contributed by atoms with Crippen molar-refractivity contribution in [3.05, 3.63) is 63.6 Å². The van der Waals surface area contributed by atoms with Gasteiger partial charge in [-0.15, -0.1) is 0 Å². The van der Waals surface area contributed by atoms with Crippen LogP contribution in [0.2, 0.25) is 10.0 Å². The van der Waals surface area contributed by atoms with Crippen LogP contribution in [0.5, 0.6) is 0 Å². The average molecular weight is 434 g/mol. The number of amides is 3. The Hall–Kier alpha value is -2.57. The number of rotatable bonds is 6. The summed E-state index contributed by atoms with van der Waals surface area (Å²) in [5, 5.41) is 6.08. The first-order valence-corrected chi connectivity index (χ1v) is 10.0. The fourth-order valence-electron chi connectivity index (χ4n) is 3.13. The van der Waals surface area contributed by atoms with Gasteiger partial charge in [-0.3, -0.25) is 14.4 Å². The van der Waals surface area contributed by atoms with Crippen LogP contribution < -0.4 is 15.5 Å². The van der Waals surface area contributed by atoms with Gasteiger partial charge in [0.15, 0.2) is 0 Å². The molecule has 1 aliphatic heterocycles. The SMILES string of the molecule is Cc1ccc(N2CCC(C(=O)NCCNC(=O)c3ccc(Cl)c(Cl)c3)C2=O)cc1. The molecule has 0 aromatic heterocycles. The Morgan fingerprint density at radius 1 is 1.03 bits per heavy atom. The van der Waals surface area contributed by atoms with E-state index in [4.69, 9.17) is 23.2 Å². The van der Waals surface area contributed by atoms with Gasteiger partial charge in [0.05, 0.1) is 10.0 Å². The first-order chi connectivity index (χ1) is 13.9. The third-order valence-electron chi connectivity index (χ3n) is 4.76. The number of aryl methyl sites for hydroxylation is 1. The van der Waals surface area contributed by atoms with E-state index in [1.165, 1.54) is 6.07 Å². The number of carbonyl (C=O) groups excluding carboxylic acids is 3. The van der Waals surface area contributed by atoms with Crippen LogP contribution >= 0.6 is 23.2 Å². The normalized spacial score (nSPS) is 16.0. The van der Waals surface area contributed by atoms with E-state index in [1.54, 1.807) is 17.0 Å². The summed E-state index contributed by atoms with van der Waals surface area (Å²) in [5.41, 5.74) is 2.29. The van der Waals surface area contributed by atoms with Crippen LogP contribution in [0.15, 0.2) is 42.5 Å². The van der Waals surface area contributed by atoms with Crippen LogP contribution in [-0.4, -0.2) is 37.4 Å². The zero-order valence-corrected chi connectivity index (χ0v) is 17.4. The molecule has 0 bridgehead atoms. The van der Waals surface area contributed by atoms with E-state index in [2.05, 4.69) is 10.6 Å². The molecule has 0 spiro atoms. The van der Waals surface area contributed by atoms with Gasteiger partial charge in [-0.05, 0) is 43.7 Å². The molecular weight excluding hydrogens is 413 g/mol. The summed E-state index contributed by atoms with van der Waals surface area (Å²) < 4.78 is 0. The molecule has 1 unspecified atom stereocenters. The largest absolute Gasteiger partial charge is 0.354 e. The number of halogens is 2. The number of carbonyl (C=O) groups is 3. The molecule has 0 radical (unpaired) electrons. The van der Waals surface area contributed by atoms with Crippen LogP contribution in [0, 0.1) is 12.8 Å². The Kier molecular flexibility index (Phi) is 6.77. The van der Waals surface area contributed by atoms with Crippen LogP contribution in [0.4, 0.5) is 5.69 Å². The average Bonchev–Trinajstić information content (AvgIpc) is 3.09. The molecule has 3 rings (SSSR count). The minimum Gasteiger partial charge on any atom is -0.354 e. The fraction of sp³-hybridized carbons (Fsp3) is 0.286. The molecule has 2 aromatic rings. The molecule has 1 atom stereocenters. The number of anilines is 1. The van der Waals surface area contributed by atoms with Crippen molar-refractivity contribution in [2.45, 2.75) is 13.3 Å². The lowest BCUT2D eigenvalue weighted by atomic mass is 10.1. The van der Waals surface area contributed by atoms with Crippen molar-refractivity contribution in [3.8, 4) is 0 Å². The molecule has 2 N–H and O–H groups in total. The summed E-state index contributed by atoms with van der Waals surface area (Å²) in [6.45, 7) is 2.94. The van der Waals surface area contributed by atoms with E-state index >= 15 is 0 Å². The van der Waals surface area contributed by atoms with Crippen molar-refractivity contribution in [2.75, 3.05) is 24.5 Å². The molecular formula is C21H21Cl2N3O3. The highest BCUT2D eigenvalue weighted by atomic mass is 35.5. The summed E-state index contributed by atoms with van der Waals surface area (Å²) in [4.78, 5) is 38.7. The first kappa shape index (κ1) is 21.1. The molecule has 6 nitrogen and oxygen atoms in total. The van der Waals surface area contributed by atoms with Crippen molar-refractivity contribution < 1.29 is 14.4 Å². The number of nitrogens with zero attached hydrogens (tertiary/aromatic N) is 1.